The van der Waals surface area contributed by atoms with Crippen LogP contribution >= 0.6 is 0 Å². The monoisotopic (exact) mass is 497 g/mol. The van der Waals surface area contributed by atoms with Crippen LogP contribution < -0.4 is 14.8 Å². The van der Waals surface area contributed by atoms with Crippen molar-refractivity contribution in [2.75, 3.05) is 25.0 Å². The molecule has 1 amide bonds. The van der Waals surface area contributed by atoms with E-state index in [1.165, 1.54) is 6.07 Å². The fourth-order valence-corrected chi connectivity index (χ4v) is 4.62. The molecule has 1 aliphatic carbocycles. The summed E-state index contributed by atoms with van der Waals surface area (Å²) in [6.07, 6.45) is 10.2. The number of hydrogen-bond acceptors (Lipinski definition) is 5. The van der Waals surface area contributed by atoms with Crippen LogP contribution in [0.5, 0.6) is 11.5 Å². The summed E-state index contributed by atoms with van der Waals surface area (Å²) in [4.78, 5) is 16.9. The third kappa shape index (κ3) is 6.74. The number of nitrogens with zero attached hydrogens (tertiary/aromatic N) is 2. The molecule has 0 saturated carbocycles. The first-order valence-corrected chi connectivity index (χ1v) is 13.6. The molecular formula is C27H35N3O4S. The maximum absolute atomic E-state index is 13.4. The number of primary sulfonamides is 1. The lowest BCUT2D eigenvalue weighted by Gasteiger charge is -2.29. The van der Waals surface area contributed by atoms with Crippen LogP contribution in [0.4, 0.5) is 5.69 Å². The summed E-state index contributed by atoms with van der Waals surface area (Å²) in [5.41, 5.74) is 1.64. The van der Waals surface area contributed by atoms with Gasteiger partial charge in [-0.25, -0.2) is 13.6 Å². The molecule has 3 rings (SSSR count). The van der Waals surface area contributed by atoms with Crippen LogP contribution in [0.25, 0.3) is 0 Å². The Morgan fingerprint density at radius 3 is 2.26 bits per heavy atom. The molecular weight excluding hydrogens is 462 g/mol. The number of allylic oxidation sites excluding steroid dienone is 3. The molecule has 0 spiro atoms. The molecule has 0 aromatic heterocycles. The first-order chi connectivity index (χ1) is 16.8. The lowest BCUT2D eigenvalue weighted by molar-refractivity contribution is 0.0834. The largest absolute Gasteiger partial charge is 0.454 e. The number of carbonyl (C=O) groups excluding carboxylic acids is 1. The SMILES string of the molecule is CCCCN(CCCC)c1cc(C(=O)N(C)C2=CC=CC2)cc(S(N)(=O)=O)c1Oc1ccccc1. The Hall–Kier alpha value is -3.10. The number of sulfonamides is 1. The molecule has 0 radical (unpaired) electrons. The number of ether oxygens (including phenoxy) is 1. The van der Waals surface area contributed by atoms with Gasteiger partial charge in [0.05, 0.1) is 5.69 Å². The zero-order valence-electron chi connectivity index (χ0n) is 20.7. The van der Waals surface area contributed by atoms with E-state index in [4.69, 9.17) is 9.88 Å². The Morgan fingerprint density at radius 1 is 1.06 bits per heavy atom. The van der Waals surface area contributed by atoms with Crippen molar-refractivity contribution in [1.29, 1.82) is 0 Å². The zero-order valence-corrected chi connectivity index (χ0v) is 21.6. The van der Waals surface area contributed by atoms with Crippen LogP contribution in [0.1, 0.15) is 56.3 Å². The van der Waals surface area contributed by atoms with Crippen LogP contribution in [-0.4, -0.2) is 39.4 Å². The van der Waals surface area contributed by atoms with Gasteiger partial charge in [0.2, 0.25) is 10.0 Å². The van der Waals surface area contributed by atoms with Crippen molar-refractivity contribution in [3.63, 3.8) is 0 Å². The first kappa shape index (κ1) is 26.5. The van der Waals surface area contributed by atoms with Crippen LogP contribution in [0.3, 0.4) is 0 Å². The van der Waals surface area contributed by atoms with Crippen molar-refractivity contribution in [2.45, 2.75) is 50.8 Å². The van der Waals surface area contributed by atoms with Crippen LogP contribution in [0.15, 0.2) is 71.3 Å². The van der Waals surface area contributed by atoms with Gasteiger partial charge in [0.15, 0.2) is 5.75 Å². The van der Waals surface area contributed by atoms with E-state index in [0.29, 0.717) is 30.9 Å². The summed E-state index contributed by atoms with van der Waals surface area (Å²) in [6.45, 7) is 5.61. The summed E-state index contributed by atoms with van der Waals surface area (Å²) in [7, 11) is -2.51. The number of hydrogen-bond donors (Lipinski definition) is 1. The predicted molar refractivity (Wildman–Crippen MR) is 140 cm³/mol. The molecule has 0 saturated heterocycles. The van der Waals surface area contributed by atoms with Crippen molar-refractivity contribution in [2.24, 2.45) is 5.14 Å². The average molecular weight is 498 g/mol. The van der Waals surface area contributed by atoms with Crippen molar-refractivity contribution < 1.29 is 17.9 Å². The average Bonchev–Trinajstić information content (AvgIpc) is 3.38. The van der Waals surface area contributed by atoms with Crippen LogP contribution in [0.2, 0.25) is 0 Å². The molecule has 0 aliphatic heterocycles. The standard InChI is InChI=1S/C27H35N3O4S/c1-4-6-17-30(18-7-5-2)24-19-21(27(31)29(3)22-13-11-12-14-22)20-25(35(28,32)33)26(24)34-23-15-9-8-10-16-23/h8-13,15-16,19-20H,4-7,14,17-18H2,1-3H3,(H2,28,32,33). The van der Waals surface area contributed by atoms with E-state index in [-0.39, 0.29) is 22.1 Å². The molecule has 0 atom stereocenters. The van der Waals surface area contributed by atoms with Gasteiger partial charge in [-0.15, -0.1) is 0 Å². The van der Waals surface area contributed by atoms with Crippen molar-refractivity contribution in [3.8, 4) is 11.5 Å². The summed E-state index contributed by atoms with van der Waals surface area (Å²) >= 11 is 0. The Balaban J connectivity index is 2.19. The summed E-state index contributed by atoms with van der Waals surface area (Å²) in [6, 6.07) is 12.1. The molecule has 1 aliphatic rings. The molecule has 8 heteroatoms. The highest BCUT2D eigenvalue weighted by molar-refractivity contribution is 7.89. The molecule has 0 bridgehead atoms. The second-order valence-corrected chi connectivity index (χ2v) is 10.2. The van der Waals surface area contributed by atoms with Gasteiger partial charge in [-0.2, -0.15) is 0 Å². The number of anilines is 1. The summed E-state index contributed by atoms with van der Waals surface area (Å²) in [5, 5.41) is 5.68. The molecule has 188 valence electrons. The van der Waals surface area contributed by atoms with Gasteiger partial charge in [0.25, 0.3) is 5.91 Å². The van der Waals surface area contributed by atoms with E-state index < -0.39 is 10.0 Å². The number of carbonyl (C=O) groups is 1. The van der Waals surface area contributed by atoms with E-state index in [1.54, 1.807) is 30.1 Å². The summed E-state index contributed by atoms with van der Waals surface area (Å²) in [5.74, 6) is 0.332. The number of para-hydroxylation sites is 1. The van der Waals surface area contributed by atoms with E-state index in [0.717, 1.165) is 31.4 Å². The smallest absolute Gasteiger partial charge is 0.257 e. The minimum Gasteiger partial charge on any atom is -0.454 e. The maximum Gasteiger partial charge on any atom is 0.257 e. The molecule has 2 aromatic rings. The lowest BCUT2D eigenvalue weighted by atomic mass is 10.1. The molecule has 0 fully saturated rings. The van der Waals surface area contributed by atoms with Gasteiger partial charge in [-0.05, 0) is 43.2 Å². The van der Waals surface area contributed by atoms with Gasteiger partial charge in [-0.1, -0.05) is 57.0 Å². The number of amides is 1. The zero-order chi connectivity index (χ0) is 25.4. The minimum atomic E-state index is -4.20. The van der Waals surface area contributed by atoms with Gasteiger partial charge in [0.1, 0.15) is 10.6 Å². The quantitative estimate of drug-likeness (QED) is 0.421. The van der Waals surface area contributed by atoms with Crippen molar-refractivity contribution >= 4 is 21.6 Å². The third-order valence-electron chi connectivity index (χ3n) is 5.94. The topological polar surface area (TPSA) is 92.9 Å². The van der Waals surface area contributed by atoms with Gasteiger partial charge in [0, 0.05) is 37.8 Å². The normalized spacial score (nSPS) is 13.0. The van der Waals surface area contributed by atoms with Gasteiger partial charge < -0.3 is 14.5 Å². The van der Waals surface area contributed by atoms with Crippen molar-refractivity contribution in [3.05, 3.63) is 72.0 Å². The van der Waals surface area contributed by atoms with Crippen molar-refractivity contribution in [1.82, 2.24) is 4.90 Å². The van der Waals surface area contributed by atoms with E-state index in [2.05, 4.69) is 18.7 Å². The third-order valence-corrected chi connectivity index (χ3v) is 6.86. The fraction of sp³-hybridized carbons (Fsp3) is 0.370. The molecule has 0 heterocycles. The summed E-state index contributed by atoms with van der Waals surface area (Å²) < 4.78 is 31.7. The second-order valence-electron chi connectivity index (χ2n) is 8.63. The van der Waals surface area contributed by atoms with Crippen LogP contribution in [0, 0.1) is 0 Å². The Morgan fingerprint density at radius 2 is 1.71 bits per heavy atom. The highest BCUT2D eigenvalue weighted by atomic mass is 32.2. The molecule has 2 N–H and O–H groups in total. The number of benzene rings is 2. The molecule has 7 nitrogen and oxygen atoms in total. The highest BCUT2D eigenvalue weighted by Gasteiger charge is 2.27. The Bertz CT molecular complexity index is 1180. The molecule has 0 unspecified atom stereocenters. The predicted octanol–water partition coefficient (Wildman–Crippen LogP) is 5.45. The number of unbranched alkanes of at least 4 members (excludes halogenated alkanes) is 2. The van der Waals surface area contributed by atoms with E-state index in [9.17, 15) is 13.2 Å². The fourth-order valence-electron chi connectivity index (χ4n) is 3.93. The van der Waals surface area contributed by atoms with Gasteiger partial charge in [-0.3, -0.25) is 4.79 Å². The highest BCUT2D eigenvalue weighted by Crippen LogP contribution is 2.40. The number of rotatable bonds is 12. The number of nitrogens with two attached hydrogens (primary N) is 1. The maximum atomic E-state index is 13.4. The van der Waals surface area contributed by atoms with Crippen LogP contribution in [-0.2, 0) is 10.0 Å². The Kier molecular flexibility index (Phi) is 9.12. The second kappa shape index (κ2) is 12.0. The minimum absolute atomic E-state index is 0.145. The first-order valence-electron chi connectivity index (χ1n) is 12.1. The lowest BCUT2D eigenvalue weighted by Crippen LogP contribution is -2.29. The molecule has 2 aromatic carbocycles. The van der Waals surface area contributed by atoms with Gasteiger partial charge >= 0.3 is 0 Å². The Labute approximate surface area is 208 Å². The molecule has 35 heavy (non-hydrogen) atoms. The van der Waals surface area contributed by atoms with E-state index in [1.807, 2.05) is 36.4 Å². The van der Waals surface area contributed by atoms with E-state index >= 15 is 0 Å².